The highest BCUT2D eigenvalue weighted by Gasteiger charge is 2.03. The van der Waals surface area contributed by atoms with E-state index >= 15 is 0 Å². The van der Waals surface area contributed by atoms with Gasteiger partial charge in [0, 0.05) is 20.4 Å². The highest BCUT2D eigenvalue weighted by Crippen LogP contribution is 2.28. The Kier molecular flexibility index (Phi) is 2.15. The van der Waals surface area contributed by atoms with Crippen LogP contribution >= 0.6 is 31.9 Å². The molecule has 0 aliphatic heterocycles. The van der Waals surface area contributed by atoms with Crippen molar-refractivity contribution >= 4 is 42.6 Å². The van der Waals surface area contributed by atoms with Crippen molar-refractivity contribution in [2.45, 2.75) is 0 Å². The third-order valence-corrected chi connectivity index (χ3v) is 3.14. The van der Waals surface area contributed by atoms with Gasteiger partial charge in [0.1, 0.15) is 0 Å². The molecule has 0 spiro atoms. The number of hydrogen-bond acceptors (Lipinski definition) is 0. The fourth-order valence-corrected chi connectivity index (χ4v) is 2.10. The maximum absolute atomic E-state index is 3.50. The number of rotatable bonds is 0. The first kappa shape index (κ1) is 8.20. The number of halogens is 2. The van der Waals surface area contributed by atoms with Gasteiger partial charge in [-0.15, -0.1) is 0 Å². The summed E-state index contributed by atoms with van der Waals surface area (Å²) in [5, 5.41) is 2.40. The molecule has 1 nitrogen and oxygen atoms in total. The Bertz CT molecular complexity index is 385. The number of aromatic amines is 1. The minimum absolute atomic E-state index is 1.11. The van der Waals surface area contributed by atoms with E-state index in [0.29, 0.717) is 0 Å². The van der Waals surface area contributed by atoms with Crippen LogP contribution in [0.4, 0.5) is 0 Å². The van der Waals surface area contributed by atoms with E-state index < -0.39 is 0 Å². The molecule has 1 aromatic carbocycles. The van der Waals surface area contributed by atoms with Gasteiger partial charge in [0.15, 0.2) is 12.4 Å². The summed E-state index contributed by atoms with van der Waals surface area (Å²) in [7, 11) is 0. The van der Waals surface area contributed by atoms with Crippen LogP contribution in [0.2, 0.25) is 0 Å². The highest BCUT2D eigenvalue weighted by molar-refractivity contribution is 9.11. The van der Waals surface area contributed by atoms with Crippen LogP contribution in [0.3, 0.4) is 0 Å². The quantitative estimate of drug-likeness (QED) is 0.707. The van der Waals surface area contributed by atoms with Crippen molar-refractivity contribution in [2.24, 2.45) is 0 Å². The van der Waals surface area contributed by atoms with Crippen LogP contribution in [0.1, 0.15) is 0 Å². The van der Waals surface area contributed by atoms with Gasteiger partial charge in [-0.05, 0) is 28.1 Å². The lowest BCUT2D eigenvalue weighted by molar-refractivity contribution is -0.375. The molecule has 2 rings (SSSR count). The lowest BCUT2D eigenvalue weighted by atomic mass is 10.2. The second kappa shape index (κ2) is 3.15. The van der Waals surface area contributed by atoms with Gasteiger partial charge in [0.25, 0.3) is 0 Å². The van der Waals surface area contributed by atoms with Crippen molar-refractivity contribution in [3.8, 4) is 0 Å². The highest BCUT2D eigenvalue weighted by atomic mass is 79.9. The van der Waals surface area contributed by atoms with Gasteiger partial charge in [0.2, 0.25) is 0 Å². The van der Waals surface area contributed by atoms with E-state index in [1.165, 1.54) is 10.8 Å². The first-order valence-corrected chi connectivity index (χ1v) is 5.11. The van der Waals surface area contributed by atoms with Crippen molar-refractivity contribution in [2.75, 3.05) is 0 Å². The van der Waals surface area contributed by atoms with Crippen molar-refractivity contribution in [1.82, 2.24) is 0 Å². The summed E-state index contributed by atoms with van der Waals surface area (Å²) in [6.07, 6.45) is 3.89. The van der Waals surface area contributed by atoms with Gasteiger partial charge in [0.05, 0.1) is 5.39 Å². The summed E-state index contributed by atoms with van der Waals surface area (Å²) >= 11 is 6.99. The Morgan fingerprint density at radius 3 is 2.25 bits per heavy atom. The zero-order valence-corrected chi connectivity index (χ0v) is 9.31. The second-order valence-electron chi connectivity index (χ2n) is 2.50. The Hall–Kier alpha value is -0.410. The van der Waals surface area contributed by atoms with E-state index in [1.807, 2.05) is 30.6 Å². The molecule has 0 saturated carbocycles. The molecule has 1 heterocycles. The number of benzene rings is 1. The fraction of sp³-hybridized carbons (Fsp3) is 0. The average molecular weight is 288 g/mol. The normalized spacial score (nSPS) is 10.5. The molecule has 1 N–H and O–H groups in total. The Morgan fingerprint density at radius 1 is 0.917 bits per heavy atom. The van der Waals surface area contributed by atoms with Crippen LogP contribution in [0.5, 0.6) is 0 Å². The van der Waals surface area contributed by atoms with E-state index in [2.05, 4.69) is 36.8 Å². The van der Waals surface area contributed by atoms with E-state index in [-0.39, 0.29) is 0 Å². The van der Waals surface area contributed by atoms with E-state index in [1.54, 1.807) is 0 Å². The third kappa shape index (κ3) is 1.27. The van der Waals surface area contributed by atoms with Crippen molar-refractivity contribution in [3.05, 3.63) is 39.5 Å². The lowest BCUT2D eigenvalue weighted by Crippen LogP contribution is -1.97. The van der Waals surface area contributed by atoms with E-state index in [4.69, 9.17) is 0 Å². The molecular formula is C9H6Br2N+. The number of nitrogens with one attached hydrogen (secondary N) is 1. The Balaban J connectivity index is 2.95. The third-order valence-electron chi connectivity index (χ3n) is 1.75. The molecule has 0 aliphatic carbocycles. The Labute approximate surface area is 87.1 Å². The Morgan fingerprint density at radius 2 is 1.58 bits per heavy atom. The van der Waals surface area contributed by atoms with E-state index in [9.17, 15) is 0 Å². The number of aromatic nitrogens is 1. The molecule has 0 unspecified atom stereocenters. The fourth-order valence-electron chi connectivity index (χ4n) is 1.16. The van der Waals surface area contributed by atoms with Gasteiger partial charge < -0.3 is 0 Å². The van der Waals surface area contributed by atoms with Crippen molar-refractivity contribution in [3.63, 3.8) is 0 Å². The van der Waals surface area contributed by atoms with Crippen molar-refractivity contribution < 1.29 is 4.98 Å². The molecule has 0 radical (unpaired) electrons. The molecule has 0 fully saturated rings. The largest absolute Gasteiger partial charge is 0.217 e. The van der Waals surface area contributed by atoms with Gasteiger partial charge in [-0.1, -0.05) is 15.9 Å². The van der Waals surface area contributed by atoms with Crippen LogP contribution < -0.4 is 4.98 Å². The van der Waals surface area contributed by atoms with Crippen LogP contribution in [0, 0.1) is 0 Å². The first-order chi connectivity index (χ1) is 5.79. The molecule has 12 heavy (non-hydrogen) atoms. The smallest absolute Gasteiger partial charge is 0.176 e. The molecular weight excluding hydrogens is 282 g/mol. The van der Waals surface area contributed by atoms with Crippen molar-refractivity contribution in [1.29, 1.82) is 0 Å². The van der Waals surface area contributed by atoms with Crippen LogP contribution in [0.25, 0.3) is 10.8 Å². The summed E-state index contributed by atoms with van der Waals surface area (Å²) in [5.41, 5.74) is 0. The maximum Gasteiger partial charge on any atom is 0.176 e. The minimum Gasteiger partial charge on any atom is -0.217 e. The number of fused-ring (bicyclic) bond motifs is 1. The van der Waals surface area contributed by atoms with Gasteiger partial charge in [-0.3, -0.25) is 0 Å². The standard InChI is InChI=1S/C9H5Br2N/c10-8-1-2-9(11)7-5-12-4-3-6(7)8/h1-5H/p+1. The van der Waals surface area contributed by atoms with Gasteiger partial charge in [-0.2, -0.15) is 0 Å². The summed E-state index contributed by atoms with van der Waals surface area (Å²) in [6.45, 7) is 0. The molecule has 1 aromatic heterocycles. The SMILES string of the molecule is Brc1ccc(Br)c2c[nH+]ccc12. The zero-order valence-electron chi connectivity index (χ0n) is 6.14. The first-order valence-electron chi connectivity index (χ1n) is 3.53. The topological polar surface area (TPSA) is 14.1 Å². The monoisotopic (exact) mass is 286 g/mol. The number of H-pyrrole nitrogens is 1. The predicted molar refractivity (Wildman–Crippen MR) is 55.9 cm³/mol. The molecule has 0 bridgehead atoms. The van der Waals surface area contributed by atoms with Crippen LogP contribution in [0.15, 0.2) is 39.5 Å². The number of pyridine rings is 1. The maximum atomic E-state index is 3.50. The number of hydrogen-bond donors (Lipinski definition) is 0. The molecule has 0 saturated heterocycles. The second-order valence-corrected chi connectivity index (χ2v) is 4.21. The van der Waals surface area contributed by atoms with Gasteiger partial charge in [-0.25, -0.2) is 4.98 Å². The molecule has 0 amide bonds. The predicted octanol–water partition coefficient (Wildman–Crippen LogP) is 3.18. The molecule has 0 aliphatic rings. The molecule has 0 atom stereocenters. The zero-order chi connectivity index (χ0) is 8.55. The molecule has 2 aromatic rings. The van der Waals surface area contributed by atoms with Gasteiger partial charge >= 0.3 is 0 Å². The summed E-state index contributed by atoms with van der Waals surface area (Å²) in [5.74, 6) is 0. The average Bonchev–Trinajstić information content (AvgIpc) is 2.12. The summed E-state index contributed by atoms with van der Waals surface area (Å²) in [6, 6.07) is 6.11. The summed E-state index contributed by atoms with van der Waals surface area (Å²) < 4.78 is 2.23. The van der Waals surface area contributed by atoms with Crippen LogP contribution in [-0.4, -0.2) is 0 Å². The molecule has 60 valence electrons. The lowest BCUT2D eigenvalue weighted by Gasteiger charge is -1.98. The molecule has 3 heteroatoms. The minimum atomic E-state index is 1.11. The summed E-state index contributed by atoms with van der Waals surface area (Å²) in [4.78, 5) is 3.05. The van der Waals surface area contributed by atoms with Crippen LogP contribution in [-0.2, 0) is 0 Å². The van der Waals surface area contributed by atoms with E-state index in [0.717, 1.165) is 8.95 Å².